The van der Waals surface area contributed by atoms with Gasteiger partial charge in [-0.05, 0) is 12.8 Å². The Kier molecular flexibility index (Phi) is 7.68. The fourth-order valence-electron chi connectivity index (χ4n) is 1.48. The van der Waals surface area contributed by atoms with Gasteiger partial charge in [0.2, 0.25) is 5.91 Å². The SMILES string of the molecule is CCCC(CCC)C(=O)NCC(=O)OC. The van der Waals surface area contributed by atoms with Crippen molar-refractivity contribution >= 4 is 11.9 Å². The minimum Gasteiger partial charge on any atom is -0.468 e. The first kappa shape index (κ1) is 13.9. The van der Waals surface area contributed by atoms with Crippen molar-refractivity contribution in [2.45, 2.75) is 39.5 Å². The van der Waals surface area contributed by atoms with Crippen LogP contribution in [0.2, 0.25) is 0 Å². The summed E-state index contributed by atoms with van der Waals surface area (Å²) in [5.41, 5.74) is 0. The average molecular weight is 215 g/mol. The first-order valence-corrected chi connectivity index (χ1v) is 5.50. The lowest BCUT2D eigenvalue weighted by Gasteiger charge is -2.14. The molecule has 0 heterocycles. The Labute approximate surface area is 91.4 Å². The number of esters is 1. The standard InChI is InChI=1S/C11H21NO3/c1-4-6-9(7-5-2)11(14)12-8-10(13)15-3/h9H,4-8H2,1-3H3,(H,12,14). The predicted octanol–water partition coefficient (Wildman–Crippen LogP) is 1.49. The quantitative estimate of drug-likeness (QED) is 0.655. The molecule has 1 N–H and O–H groups in total. The van der Waals surface area contributed by atoms with Crippen molar-refractivity contribution in [2.24, 2.45) is 5.92 Å². The maximum absolute atomic E-state index is 11.6. The molecule has 88 valence electrons. The highest BCUT2D eigenvalue weighted by Crippen LogP contribution is 2.13. The van der Waals surface area contributed by atoms with E-state index in [2.05, 4.69) is 23.9 Å². The molecule has 0 saturated carbocycles. The lowest BCUT2D eigenvalue weighted by Crippen LogP contribution is -2.35. The van der Waals surface area contributed by atoms with E-state index < -0.39 is 5.97 Å². The molecular formula is C11H21NO3. The molecule has 4 nitrogen and oxygen atoms in total. The van der Waals surface area contributed by atoms with Gasteiger partial charge >= 0.3 is 5.97 Å². The lowest BCUT2D eigenvalue weighted by molar-refractivity contribution is -0.141. The molecule has 0 atom stereocenters. The van der Waals surface area contributed by atoms with Crippen LogP contribution in [0.5, 0.6) is 0 Å². The van der Waals surface area contributed by atoms with Crippen LogP contribution in [0.3, 0.4) is 0 Å². The van der Waals surface area contributed by atoms with Gasteiger partial charge in [-0.3, -0.25) is 9.59 Å². The smallest absolute Gasteiger partial charge is 0.325 e. The van der Waals surface area contributed by atoms with E-state index in [-0.39, 0.29) is 18.4 Å². The van der Waals surface area contributed by atoms with Crippen molar-refractivity contribution in [1.82, 2.24) is 5.32 Å². The van der Waals surface area contributed by atoms with Crippen molar-refractivity contribution in [1.29, 1.82) is 0 Å². The van der Waals surface area contributed by atoms with E-state index in [1.54, 1.807) is 0 Å². The largest absolute Gasteiger partial charge is 0.468 e. The number of hydrogen-bond donors (Lipinski definition) is 1. The summed E-state index contributed by atoms with van der Waals surface area (Å²) in [6.07, 6.45) is 3.72. The van der Waals surface area contributed by atoms with Crippen LogP contribution in [-0.2, 0) is 14.3 Å². The van der Waals surface area contributed by atoms with Crippen LogP contribution in [0.1, 0.15) is 39.5 Å². The second-order valence-corrected chi connectivity index (χ2v) is 3.57. The molecule has 0 aromatic carbocycles. The summed E-state index contributed by atoms with van der Waals surface area (Å²) < 4.78 is 4.45. The van der Waals surface area contributed by atoms with Crippen molar-refractivity contribution in [2.75, 3.05) is 13.7 Å². The molecule has 0 fully saturated rings. The van der Waals surface area contributed by atoms with Gasteiger partial charge < -0.3 is 10.1 Å². The molecule has 0 aromatic rings. The normalized spacial score (nSPS) is 10.1. The van der Waals surface area contributed by atoms with Crippen LogP contribution < -0.4 is 5.32 Å². The van der Waals surface area contributed by atoms with Gasteiger partial charge in [-0.2, -0.15) is 0 Å². The summed E-state index contributed by atoms with van der Waals surface area (Å²) in [5, 5.41) is 2.59. The number of ether oxygens (including phenoxy) is 1. The Hall–Kier alpha value is -1.06. The third kappa shape index (κ3) is 6.10. The lowest BCUT2D eigenvalue weighted by atomic mass is 9.97. The Morgan fingerprint density at radius 3 is 2.13 bits per heavy atom. The molecule has 15 heavy (non-hydrogen) atoms. The van der Waals surface area contributed by atoms with E-state index in [0.717, 1.165) is 25.7 Å². The molecule has 4 heteroatoms. The molecule has 0 spiro atoms. The third-order valence-electron chi connectivity index (χ3n) is 2.28. The van der Waals surface area contributed by atoms with Crippen molar-refractivity contribution in [3.8, 4) is 0 Å². The van der Waals surface area contributed by atoms with Gasteiger partial charge in [-0.1, -0.05) is 26.7 Å². The van der Waals surface area contributed by atoms with Crippen LogP contribution in [0.4, 0.5) is 0 Å². The Morgan fingerprint density at radius 1 is 1.20 bits per heavy atom. The minimum atomic E-state index is -0.407. The highest BCUT2D eigenvalue weighted by molar-refractivity contribution is 5.83. The first-order chi connectivity index (χ1) is 7.15. The molecule has 0 bridgehead atoms. The number of nitrogens with one attached hydrogen (secondary N) is 1. The zero-order valence-electron chi connectivity index (χ0n) is 9.84. The summed E-state index contributed by atoms with van der Waals surface area (Å²) in [6.45, 7) is 4.08. The van der Waals surface area contributed by atoms with Gasteiger partial charge in [0.1, 0.15) is 6.54 Å². The van der Waals surface area contributed by atoms with E-state index >= 15 is 0 Å². The third-order valence-corrected chi connectivity index (χ3v) is 2.28. The summed E-state index contributed by atoms with van der Waals surface area (Å²) in [4.78, 5) is 22.4. The molecule has 0 saturated heterocycles. The van der Waals surface area contributed by atoms with Crippen LogP contribution in [0, 0.1) is 5.92 Å². The van der Waals surface area contributed by atoms with Gasteiger partial charge in [0.25, 0.3) is 0 Å². The fraction of sp³-hybridized carbons (Fsp3) is 0.818. The maximum atomic E-state index is 11.6. The summed E-state index contributed by atoms with van der Waals surface area (Å²) >= 11 is 0. The summed E-state index contributed by atoms with van der Waals surface area (Å²) in [7, 11) is 1.31. The number of hydrogen-bond acceptors (Lipinski definition) is 3. The number of amides is 1. The zero-order chi connectivity index (χ0) is 11.7. The number of rotatable bonds is 7. The molecule has 1 amide bonds. The first-order valence-electron chi connectivity index (χ1n) is 5.50. The van der Waals surface area contributed by atoms with E-state index in [9.17, 15) is 9.59 Å². The summed E-state index contributed by atoms with van der Waals surface area (Å²) in [6, 6.07) is 0. The Bertz CT molecular complexity index is 198. The zero-order valence-corrected chi connectivity index (χ0v) is 9.84. The highest BCUT2D eigenvalue weighted by atomic mass is 16.5. The van der Waals surface area contributed by atoms with Crippen LogP contribution in [0.15, 0.2) is 0 Å². The Balaban J connectivity index is 3.96. The number of methoxy groups -OCH3 is 1. The van der Waals surface area contributed by atoms with Gasteiger partial charge in [0, 0.05) is 5.92 Å². The fourth-order valence-corrected chi connectivity index (χ4v) is 1.48. The number of carbonyl (C=O) groups excluding carboxylic acids is 2. The van der Waals surface area contributed by atoms with Crippen molar-refractivity contribution in [3.05, 3.63) is 0 Å². The van der Waals surface area contributed by atoms with Crippen LogP contribution in [-0.4, -0.2) is 25.5 Å². The number of carbonyl (C=O) groups is 2. The molecule has 0 aliphatic rings. The second-order valence-electron chi connectivity index (χ2n) is 3.57. The predicted molar refractivity (Wildman–Crippen MR) is 58.3 cm³/mol. The van der Waals surface area contributed by atoms with Crippen LogP contribution >= 0.6 is 0 Å². The van der Waals surface area contributed by atoms with Crippen molar-refractivity contribution in [3.63, 3.8) is 0 Å². The van der Waals surface area contributed by atoms with Gasteiger partial charge in [-0.15, -0.1) is 0 Å². The molecule has 0 aliphatic heterocycles. The van der Waals surface area contributed by atoms with E-state index in [1.807, 2.05) is 0 Å². The van der Waals surface area contributed by atoms with Gasteiger partial charge in [0.05, 0.1) is 7.11 Å². The van der Waals surface area contributed by atoms with Crippen LogP contribution in [0.25, 0.3) is 0 Å². The van der Waals surface area contributed by atoms with Gasteiger partial charge in [-0.25, -0.2) is 0 Å². The Morgan fingerprint density at radius 2 is 1.73 bits per heavy atom. The maximum Gasteiger partial charge on any atom is 0.325 e. The average Bonchev–Trinajstić information content (AvgIpc) is 2.25. The highest BCUT2D eigenvalue weighted by Gasteiger charge is 2.16. The molecule has 0 unspecified atom stereocenters. The van der Waals surface area contributed by atoms with E-state index in [1.165, 1.54) is 7.11 Å². The second kappa shape index (κ2) is 8.26. The molecule has 0 aliphatic carbocycles. The molecule has 0 radical (unpaired) electrons. The van der Waals surface area contributed by atoms with Gasteiger partial charge in [0.15, 0.2) is 0 Å². The van der Waals surface area contributed by atoms with Crippen molar-refractivity contribution < 1.29 is 14.3 Å². The minimum absolute atomic E-state index is 0.0285. The molecule has 0 aromatic heterocycles. The topological polar surface area (TPSA) is 55.4 Å². The van der Waals surface area contributed by atoms with E-state index in [4.69, 9.17) is 0 Å². The van der Waals surface area contributed by atoms with E-state index in [0.29, 0.717) is 0 Å². The molecular weight excluding hydrogens is 194 g/mol. The molecule has 0 rings (SSSR count). The monoisotopic (exact) mass is 215 g/mol. The summed E-state index contributed by atoms with van der Waals surface area (Å²) in [5.74, 6) is -0.413.